The van der Waals surface area contributed by atoms with Gasteiger partial charge in [0.1, 0.15) is 5.75 Å². The number of nitrogens with zero attached hydrogens (tertiary/aromatic N) is 4. The van der Waals surface area contributed by atoms with Crippen LogP contribution in [-0.2, 0) is 11.2 Å². The minimum atomic E-state index is 0.130. The fourth-order valence-corrected chi connectivity index (χ4v) is 3.89. The molecule has 7 nitrogen and oxygen atoms in total. The fraction of sp³-hybridized carbons (Fsp3) is 0.350. The molecule has 0 unspecified atom stereocenters. The Morgan fingerprint density at radius 1 is 1.18 bits per heavy atom. The van der Waals surface area contributed by atoms with Crippen LogP contribution in [0.3, 0.4) is 0 Å². The van der Waals surface area contributed by atoms with E-state index in [1.54, 1.807) is 18.4 Å². The Bertz CT molecular complexity index is 900. The van der Waals surface area contributed by atoms with E-state index in [9.17, 15) is 4.79 Å². The van der Waals surface area contributed by atoms with Crippen molar-refractivity contribution in [3.8, 4) is 16.5 Å². The number of aryl methyl sites for hydroxylation is 1. The number of benzene rings is 1. The summed E-state index contributed by atoms with van der Waals surface area (Å²) in [4.78, 5) is 22.1. The van der Waals surface area contributed by atoms with Crippen LogP contribution in [0.4, 0.5) is 5.69 Å². The van der Waals surface area contributed by atoms with Crippen molar-refractivity contribution in [2.75, 3.05) is 38.2 Å². The Morgan fingerprint density at radius 2 is 1.96 bits per heavy atom. The molecule has 8 heteroatoms. The number of thiophene rings is 1. The van der Waals surface area contributed by atoms with E-state index in [1.165, 1.54) is 0 Å². The zero-order valence-electron chi connectivity index (χ0n) is 15.7. The lowest BCUT2D eigenvalue weighted by Gasteiger charge is -2.36. The van der Waals surface area contributed by atoms with Crippen LogP contribution < -0.4 is 9.64 Å². The van der Waals surface area contributed by atoms with E-state index < -0.39 is 0 Å². The molecular formula is C20H22N4O3S. The Hall–Kier alpha value is -2.87. The summed E-state index contributed by atoms with van der Waals surface area (Å²) in [7, 11) is 1.66. The Labute approximate surface area is 167 Å². The highest BCUT2D eigenvalue weighted by molar-refractivity contribution is 7.13. The summed E-state index contributed by atoms with van der Waals surface area (Å²) in [6.07, 6.45) is 0.852. The van der Waals surface area contributed by atoms with Crippen LogP contribution in [0.2, 0.25) is 0 Å². The van der Waals surface area contributed by atoms with Crippen molar-refractivity contribution < 1.29 is 14.1 Å². The van der Waals surface area contributed by atoms with Gasteiger partial charge in [-0.15, -0.1) is 11.3 Å². The van der Waals surface area contributed by atoms with Crippen LogP contribution >= 0.6 is 11.3 Å². The zero-order valence-corrected chi connectivity index (χ0v) is 16.5. The first kappa shape index (κ1) is 18.5. The number of methoxy groups -OCH3 is 1. The molecule has 0 radical (unpaired) electrons. The molecule has 3 heterocycles. The van der Waals surface area contributed by atoms with Gasteiger partial charge in [0.25, 0.3) is 0 Å². The largest absolute Gasteiger partial charge is 0.497 e. The predicted octanol–water partition coefficient (Wildman–Crippen LogP) is 3.09. The Balaban J connectivity index is 1.26. The molecule has 0 aliphatic carbocycles. The van der Waals surface area contributed by atoms with Gasteiger partial charge in [0.05, 0.1) is 12.0 Å². The number of piperazine rings is 1. The Kier molecular flexibility index (Phi) is 5.57. The van der Waals surface area contributed by atoms with Crippen LogP contribution in [0, 0.1) is 0 Å². The number of aromatic nitrogens is 2. The smallest absolute Gasteiger partial charge is 0.227 e. The number of amides is 1. The highest BCUT2D eigenvalue weighted by Gasteiger charge is 2.22. The average Bonchev–Trinajstić information content (AvgIpc) is 3.44. The number of rotatable bonds is 6. The summed E-state index contributed by atoms with van der Waals surface area (Å²) in [5.74, 6) is 2.07. The van der Waals surface area contributed by atoms with Crippen LogP contribution in [-0.4, -0.2) is 54.2 Å². The molecule has 1 aliphatic rings. The van der Waals surface area contributed by atoms with Gasteiger partial charge in [-0.3, -0.25) is 4.79 Å². The van der Waals surface area contributed by atoms with Crippen molar-refractivity contribution in [1.29, 1.82) is 0 Å². The van der Waals surface area contributed by atoms with Crippen molar-refractivity contribution in [1.82, 2.24) is 15.0 Å². The first-order chi connectivity index (χ1) is 13.7. The number of carbonyl (C=O) groups excluding carboxylic acids is 1. The summed E-state index contributed by atoms with van der Waals surface area (Å²) >= 11 is 1.56. The molecule has 2 aromatic heterocycles. The molecule has 0 atom stereocenters. The molecule has 146 valence electrons. The lowest BCUT2D eigenvalue weighted by molar-refractivity contribution is -0.131. The molecule has 1 saturated heterocycles. The second kappa shape index (κ2) is 8.43. The quantitative estimate of drug-likeness (QED) is 0.635. The van der Waals surface area contributed by atoms with Crippen molar-refractivity contribution in [3.05, 3.63) is 47.7 Å². The molecule has 1 aliphatic heterocycles. The molecule has 0 bridgehead atoms. The van der Waals surface area contributed by atoms with Gasteiger partial charge in [-0.25, -0.2) is 0 Å². The third kappa shape index (κ3) is 4.17. The van der Waals surface area contributed by atoms with E-state index in [1.807, 2.05) is 34.5 Å². The third-order valence-electron chi connectivity index (χ3n) is 4.83. The highest BCUT2D eigenvalue weighted by atomic mass is 32.1. The van der Waals surface area contributed by atoms with Gasteiger partial charge in [-0.05, 0) is 35.7 Å². The van der Waals surface area contributed by atoms with Gasteiger partial charge in [0.15, 0.2) is 0 Å². The molecule has 0 spiro atoms. The van der Waals surface area contributed by atoms with Gasteiger partial charge in [0, 0.05) is 44.7 Å². The minimum Gasteiger partial charge on any atom is -0.497 e. The summed E-state index contributed by atoms with van der Waals surface area (Å²) in [5, 5.41) is 5.96. The van der Waals surface area contributed by atoms with Crippen LogP contribution in [0.5, 0.6) is 5.75 Å². The summed E-state index contributed by atoms with van der Waals surface area (Å²) < 4.78 is 10.5. The zero-order chi connectivity index (χ0) is 19.3. The predicted molar refractivity (Wildman–Crippen MR) is 108 cm³/mol. The van der Waals surface area contributed by atoms with Gasteiger partial charge in [-0.1, -0.05) is 11.2 Å². The normalized spacial score (nSPS) is 14.3. The van der Waals surface area contributed by atoms with Crippen LogP contribution in [0.25, 0.3) is 10.7 Å². The number of carbonyl (C=O) groups is 1. The number of hydrogen-bond acceptors (Lipinski definition) is 7. The minimum absolute atomic E-state index is 0.130. The third-order valence-corrected chi connectivity index (χ3v) is 5.70. The molecule has 0 saturated carbocycles. The summed E-state index contributed by atoms with van der Waals surface area (Å²) in [5.41, 5.74) is 1.15. The van der Waals surface area contributed by atoms with E-state index in [4.69, 9.17) is 9.26 Å². The van der Waals surface area contributed by atoms with Crippen molar-refractivity contribution in [2.24, 2.45) is 0 Å². The van der Waals surface area contributed by atoms with Crippen LogP contribution in [0.15, 0.2) is 46.3 Å². The summed E-state index contributed by atoms with van der Waals surface area (Å²) in [6.45, 7) is 3.08. The maximum atomic E-state index is 12.5. The topological polar surface area (TPSA) is 71.7 Å². The molecule has 4 rings (SSSR count). The first-order valence-corrected chi connectivity index (χ1v) is 10.1. The number of ether oxygens (including phenoxy) is 1. The molecule has 1 aromatic carbocycles. The van der Waals surface area contributed by atoms with Gasteiger partial charge < -0.3 is 19.1 Å². The molecule has 3 aromatic rings. The van der Waals surface area contributed by atoms with Crippen molar-refractivity contribution in [2.45, 2.75) is 12.8 Å². The lowest BCUT2D eigenvalue weighted by Crippen LogP contribution is -2.48. The SMILES string of the molecule is COc1ccc(N2CCN(C(=O)CCc3nc(-c4cccs4)no3)CC2)cc1. The van der Waals surface area contributed by atoms with E-state index >= 15 is 0 Å². The molecular weight excluding hydrogens is 376 g/mol. The van der Waals surface area contributed by atoms with Gasteiger partial charge >= 0.3 is 0 Å². The maximum absolute atomic E-state index is 12.5. The second-order valence-corrected chi connectivity index (χ2v) is 7.50. The molecule has 0 N–H and O–H groups in total. The Morgan fingerprint density at radius 3 is 2.64 bits per heavy atom. The first-order valence-electron chi connectivity index (χ1n) is 9.26. The second-order valence-electron chi connectivity index (χ2n) is 6.55. The van der Waals surface area contributed by atoms with Gasteiger partial charge in [-0.2, -0.15) is 4.98 Å². The van der Waals surface area contributed by atoms with E-state index in [0.29, 0.717) is 24.6 Å². The number of hydrogen-bond donors (Lipinski definition) is 0. The lowest BCUT2D eigenvalue weighted by atomic mass is 10.2. The fourth-order valence-electron chi connectivity index (χ4n) is 3.24. The van der Waals surface area contributed by atoms with E-state index in [0.717, 1.165) is 42.5 Å². The standard InChI is InChI=1S/C20H22N4O3S/c1-26-16-6-4-15(5-7-16)23-10-12-24(13-11-23)19(25)9-8-18-21-20(22-27-18)17-3-2-14-28-17/h2-7,14H,8-13H2,1H3. The average molecular weight is 398 g/mol. The van der Waals surface area contributed by atoms with Crippen LogP contribution in [0.1, 0.15) is 12.3 Å². The monoisotopic (exact) mass is 398 g/mol. The highest BCUT2D eigenvalue weighted by Crippen LogP contribution is 2.22. The molecule has 28 heavy (non-hydrogen) atoms. The molecule has 1 amide bonds. The van der Waals surface area contributed by atoms with Crippen molar-refractivity contribution in [3.63, 3.8) is 0 Å². The van der Waals surface area contributed by atoms with Gasteiger partial charge in [0.2, 0.25) is 17.6 Å². The van der Waals surface area contributed by atoms with Crippen molar-refractivity contribution >= 4 is 22.9 Å². The van der Waals surface area contributed by atoms with E-state index in [2.05, 4.69) is 27.2 Å². The maximum Gasteiger partial charge on any atom is 0.227 e. The molecule has 1 fully saturated rings. The number of anilines is 1. The summed E-state index contributed by atoms with van der Waals surface area (Å²) in [6, 6.07) is 11.9. The van der Waals surface area contributed by atoms with E-state index in [-0.39, 0.29) is 5.91 Å².